The standard InChI is InChI=1S/C26H34ClN3O6S/c1-30(22-7-6-20-16-23(37-24(20)18-22)17-21(19-28)25(31)32)10-13-36-26(33)29-9-12-35-15-14-34-11-5-3-2-4-8-27/h6-7,16-18H,2-5,8-15H2,1H3,(H,29,33)(H,31,32)/b21-17+. The lowest BCUT2D eigenvalue weighted by atomic mass is 10.2. The fourth-order valence-corrected chi connectivity index (χ4v) is 4.52. The number of aliphatic carboxylic acids is 1. The molecule has 1 aromatic heterocycles. The molecule has 0 unspecified atom stereocenters. The zero-order chi connectivity index (χ0) is 26.9. The molecule has 0 bridgehead atoms. The van der Waals surface area contributed by atoms with Gasteiger partial charge in [-0.3, -0.25) is 0 Å². The third-order valence-corrected chi connectivity index (χ3v) is 6.63. The first-order valence-electron chi connectivity index (χ1n) is 12.2. The molecule has 202 valence electrons. The number of ether oxygens (including phenoxy) is 3. The molecule has 0 radical (unpaired) electrons. The van der Waals surface area contributed by atoms with E-state index in [1.54, 1.807) is 6.07 Å². The van der Waals surface area contributed by atoms with Crippen molar-refractivity contribution in [2.45, 2.75) is 25.7 Å². The maximum absolute atomic E-state index is 11.9. The molecule has 2 N–H and O–H groups in total. The van der Waals surface area contributed by atoms with Gasteiger partial charge in [-0.1, -0.05) is 18.9 Å². The Morgan fingerprint density at radius 3 is 2.59 bits per heavy atom. The molecule has 1 aromatic carbocycles. The minimum atomic E-state index is -1.25. The molecule has 0 saturated carbocycles. The summed E-state index contributed by atoms with van der Waals surface area (Å²) in [4.78, 5) is 25.6. The van der Waals surface area contributed by atoms with Crippen LogP contribution in [0.5, 0.6) is 0 Å². The van der Waals surface area contributed by atoms with Crippen molar-refractivity contribution in [3.63, 3.8) is 0 Å². The lowest BCUT2D eigenvalue weighted by molar-refractivity contribution is -0.132. The number of nitriles is 1. The summed E-state index contributed by atoms with van der Waals surface area (Å²) in [6, 6.07) is 9.39. The quantitative estimate of drug-likeness (QED) is 0.116. The second-order valence-corrected chi connectivity index (χ2v) is 9.65. The topological polar surface area (TPSA) is 121 Å². The second kappa shape index (κ2) is 17.6. The first-order chi connectivity index (χ1) is 17.9. The van der Waals surface area contributed by atoms with E-state index in [4.69, 9.17) is 36.2 Å². The Morgan fingerprint density at radius 1 is 1.11 bits per heavy atom. The SMILES string of the molecule is CN(CCOC(=O)NCCOCCOCCCCCCCl)c1ccc2cc(/C=C(\C#N)C(=O)O)sc2c1. The number of benzene rings is 1. The van der Waals surface area contributed by atoms with Crippen LogP contribution in [0.4, 0.5) is 10.5 Å². The number of hydrogen-bond donors (Lipinski definition) is 2. The number of thiophene rings is 1. The summed E-state index contributed by atoms with van der Waals surface area (Å²) in [7, 11) is 1.89. The van der Waals surface area contributed by atoms with Crippen molar-refractivity contribution in [1.29, 1.82) is 5.26 Å². The van der Waals surface area contributed by atoms with Crippen LogP contribution in [-0.2, 0) is 19.0 Å². The normalized spacial score (nSPS) is 11.3. The molecule has 0 fully saturated rings. The Kier molecular flexibility index (Phi) is 14.4. The monoisotopic (exact) mass is 551 g/mol. The van der Waals surface area contributed by atoms with Crippen LogP contribution >= 0.6 is 22.9 Å². The zero-order valence-electron chi connectivity index (χ0n) is 21.0. The molecule has 1 heterocycles. The summed E-state index contributed by atoms with van der Waals surface area (Å²) in [5.41, 5.74) is 0.624. The predicted molar refractivity (Wildman–Crippen MR) is 146 cm³/mol. The molecule has 2 aromatic rings. The number of hydrogen-bond acceptors (Lipinski definition) is 8. The highest BCUT2D eigenvalue weighted by Crippen LogP contribution is 2.30. The van der Waals surface area contributed by atoms with E-state index >= 15 is 0 Å². The van der Waals surface area contributed by atoms with Gasteiger partial charge in [0.1, 0.15) is 18.2 Å². The lowest BCUT2D eigenvalue weighted by Crippen LogP contribution is -2.31. The largest absolute Gasteiger partial charge is 0.477 e. The third kappa shape index (κ3) is 11.8. The Bertz CT molecular complexity index is 1070. The number of nitrogens with one attached hydrogen (secondary N) is 1. The number of carbonyl (C=O) groups is 2. The van der Waals surface area contributed by atoms with Crippen LogP contribution in [0.3, 0.4) is 0 Å². The van der Waals surface area contributed by atoms with Gasteiger partial charge in [-0.05, 0) is 42.5 Å². The van der Waals surface area contributed by atoms with Crippen LogP contribution in [-0.4, -0.2) is 76.2 Å². The van der Waals surface area contributed by atoms with Crippen LogP contribution in [0, 0.1) is 11.3 Å². The molecule has 0 aliphatic carbocycles. The molecule has 0 spiro atoms. The van der Waals surface area contributed by atoms with E-state index in [9.17, 15) is 9.59 Å². The van der Waals surface area contributed by atoms with E-state index in [2.05, 4.69) is 5.32 Å². The molecule has 9 nitrogen and oxygen atoms in total. The van der Waals surface area contributed by atoms with Crippen molar-refractivity contribution in [3.8, 4) is 6.07 Å². The summed E-state index contributed by atoms with van der Waals surface area (Å²) in [5, 5.41) is 21.6. The highest BCUT2D eigenvalue weighted by atomic mass is 35.5. The van der Waals surface area contributed by atoms with Gasteiger partial charge in [0.2, 0.25) is 0 Å². The Hall–Kier alpha value is -2.84. The van der Waals surface area contributed by atoms with Crippen LogP contribution in [0.2, 0.25) is 0 Å². The van der Waals surface area contributed by atoms with Gasteiger partial charge in [-0.25, -0.2) is 9.59 Å². The van der Waals surface area contributed by atoms with Gasteiger partial charge >= 0.3 is 12.1 Å². The molecule has 2 rings (SSSR count). The van der Waals surface area contributed by atoms with Crippen LogP contribution in [0.15, 0.2) is 29.8 Å². The van der Waals surface area contributed by atoms with Crippen LogP contribution in [0.25, 0.3) is 16.2 Å². The molecule has 0 aliphatic heterocycles. The number of amides is 1. The van der Waals surface area contributed by atoms with Crippen molar-refractivity contribution >= 4 is 56.8 Å². The Balaban J connectivity index is 1.60. The van der Waals surface area contributed by atoms with Gasteiger partial charge in [0.25, 0.3) is 0 Å². The molecule has 0 aliphatic rings. The van der Waals surface area contributed by atoms with E-state index in [1.807, 2.05) is 36.2 Å². The van der Waals surface area contributed by atoms with Crippen molar-refractivity contribution in [1.82, 2.24) is 5.32 Å². The number of likely N-dealkylation sites (N-methyl/N-ethyl adjacent to an activating group) is 1. The summed E-state index contributed by atoms with van der Waals surface area (Å²) in [6.07, 6.45) is 5.20. The fourth-order valence-electron chi connectivity index (χ4n) is 3.29. The molecular weight excluding hydrogens is 518 g/mol. The van der Waals surface area contributed by atoms with Crippen molar-refractivity contribution in [2.24, 2.45) is 0 Å². The number of fused-ring (bicyclic) bond motifs is 1. The molecule has 0 atom stereocenters. The lowest BCUT2D eigenvalue weighted by Gasteiger charge is -2.19. The highest BCUT2D eigenvalue weighted by Gasteiger charge is 2.10. The number of alkyl halides is 1. The number of rotatable bonds is 18. The minimum absolute atomic E-state index is 0.211. The molecule has 37 heavy (non-hydrogen) atoms. The number of anilines is 1. The number of unbranched alkanes of at least 4 members (excludes halogenated alkanes) is 3. The molecule has 1 amide bonds. The maximum Gasteiger partial charge on any atom is 0.407 e. The summed E-state index contributed by atoms with van der Waals surface area (Å²) in [5.74, 6) is -0.534. The number of carbonyl (C=O) groups excluding carboxylic acids is 1. The van der Waals surface area contributed by atoms with E-state index in [0.29, 0.717) is 43.7 Å². The van der Waals surface area contributed by atoms with E-state index in [1.165, 1.54) is 17.4 Å². The number of halogens is 1. The molecular formula is C26H34ClN3O6S. The minimum Gasteiger partial charge on any atom is -0.477 e. The first kappa shape index (κ1) is 30.4. The maximum atomic E-state index is 11.9. The van der Waals surface area contributed by atoms with Crippen molar-refractivity contribution < 1.29 is 28.9 Å². The summed E-state index contributed by atoms with van der Waals surface area (Å²) >= 11 is 7.04. The second-order valence-electron chi connectivity index (χ2n) is 8.16. The average molecular weight is 552 g/mol. The van der Waals surface area contributed by atoms with Gasteiger partial charge in [0, 0.05) is 41.3 Å². The number of carboxylic acids is 1. The third-order valence-electron chi connectivity index (χ3n) is 5.32. The molecule has 0 saturated heterocycles. The van der Waals surface area contributed by atoms with Crippen molar-refractivity contribution in [2.75, 3.05) is 64.0 Å². The van der Waals surface area contributed by atoms with E-state index in [0.717, 1.165) is 48.1 Å². The summed E-state index contributed by atoms with van der Waals surface area (Å²) < 4.78 is 17.1. The average Bonchev–Trinajstić information content (AvgIpc) is 3.29. The van der Waals surface area contributed by atoms with Crippen LogP contribution in [0.1, 0.15) is 30.6 Å². The number of carboxylic acid groups (broad SMARTS) is 1. The van der Waals surface area contributed by atoms with Gasteiger partial charge in [0.15, 0.2) is 0 Å². The van der Waals surface area contributed by atoms with Gasteiger partial charge in [-0.2, -0.15) is 5.26 Å². The van der Waals surface area contributed by atoms with E-state index < -0.39 is 12.1 Å². The smallest absolute Gasteiger partial charge is 0.407 e. The fraction of sp³-hybridized carbons (Fsp3) is 0.500. The van der Waals surface area contributed by atoms with Gasteiger partial charge < -0.3 is 29.5 Å². The zero-order valence-corrected chi connectivity index (χ0v) is 22.6. The van der Waals surface area contributed by atoms with Gasteiger partial charge in [0.05, 0.1) is 26.4 Å². The predicted octanol–water partition coefficient (Wildman–Crippen LogP) is 4.89. The number of nitrogens with zero attached hydrogens (tertiary/aromatic N) is 2. The first-order valence-corrected chi connectivity index (χ1v) is 13.5. The summed E-state index contributed by atoms with van der Waals surface area (Å²) in [6.45, 7) is 3.18. The van der Waals surface area contributed by atoms with E-state index in [-0.39, 0.29) is 12.2 Å². The van der Waals surface area contributed by atoms with Crippen molar-refractivity contribution in [3.05, 3.63) is 34.7 Å². The Morgan fingerprint density at radius 2 is 1.86 bits per heavy atom. The van der Waals surface area contributed by atoms with Crippen LogP contribution < -0.4 is 10.2 Å². The van der Waals surface area contributed by atoms with Gasteiger partial charge in [-0.15, -0.1) is 22.9 Å². The Labute approximate surface area is 226 Å². The number of alkyl carbamates (subject to hydrolysis) is 1. The highest BCUT2D eigenvalue weighted by molar-refractivity contribution is 7.19. The molecule has 11 heteroatoms.